The summed E-state index contributed by atoms with van der Waals surface area (Å²) in [5.41, 5.74) is 4.21. The first-order valence-electron chi connectivity index (χ1n) is 5.98. The van der Waals surface area contributed by atoms with Crippen molar-refractivity contribution in [2.45, 2.75) is 24.3 Å². The molecule has 0 saturated heterocycles. The van der Waals surface area contributed by atoms with E-state index in [0.29, 0.717) is 0 Å². The summed E-state index contributed by atoms with van der Waals surface area (Å²) in [4.78, 5) is 21.9. The molecule has 0 bridgehead atoms. The number of hydrogen-bond acceptors (Lipinski definition) is 6. The maximum atomic E-state index is 12.1. The van der Waals surface area contributed by atoms with Crippen molar-refractivity contribution in [3.05, 3.63) is 33.9 Å². The van der Waals surface area contributed by atoms with Crippen LogP contribution in [0.3, 0.4) is 0 Å². The van der Waals surface area contributed by atoms with Crippen LogP contribution in [0.2, 0.25) is 0 Å². The molecule has 0 radical (unpaired) electrons. The van der Waals surface area contributed by atoms with Gasteiger partial charge >= 0.3 is 0 Å². The molecule has 8 nitrogen and oxygen atoms in total. The van der Waals surface area contributed by atoms with Gasteiger partial charge in [0.05, 0.1) is 9.82 Å². The number of halogens is 1. The fourth-order valence-electron chi connectivity index (χ4n) is 1.46. The molecule has 1 aromatic rings. The molecule has 0 aromatic heterocycles. The van der Waals surface area contributed by atoms with Crippen molar-refractivity contribution in [2.24, 2.45) is 5.73 Å². The number of sulfone groups is 1. The van der Waals surface area contributed by atoms with Crippen LogP contribution in [0, 0.1) is 10.1 Å². The minimum Gasteiger partial charge on any atom is -0.346 e. The fraction of sp³-hybridized carbons (Fsp3) is 0.417. The zero-order chi connectivity index (χ0) is 16.4. The zero-order valence-corrected chi connectivity index (χ0v) is 14.0. The lowest BCUT2D eigenvalue weighted by Crippen LogP contribution is -2.48. The van der Waals surface area contributed by atoms with E-state index in [1.807, 2.05) is 0 Å². The molecule has 0 aliphatic heterocycles. The van der Waals surface area contributed by atoms with Gasteiger partial charge in [-0.25, -0.2) is 8.42 Å². The number of nitro benzene ring substituents is 1. The van der Waals surface area contributed by atoms with Gasteiger partial charge in [-0.2, -0.15) is 0 Å². The lowest BCUT2D eigenvalue weighted by atomic mass is 10.1. The van der Waals surface area contributed by atoms with Crippen LogP contribution in [0.25, 0.3) is 0 Å². The summed E-state index contributed by atoms with van der Waals surface area (Å²) in [5, 5.41) is 13.4. The average Bonchev–Trinajstić information content (AvgIpc) is 2.36. The van der Waals surface area contributed by atoms with Crippen LogP contribution in [-0.2, 0) is 9.84 Å². The topological polar surface area (TPSA) is 132 Å². The number of nitro groups is 1. The monoisotopic (exact) mass is 351 g/mol. The molecule has 124 valence electrons. The van der Waals surface area contributed by atoms with E-state index in [1.165, 1.54) is 0 Å². The van der Waals surface area contributed by atoms with Crippen LogP contribution >= 0.6 is 12.4 Å². The highest BCUT2D eigenvalue weighted by Gasteiger charge is 2.23. The number of non-ortho nitro benzene ring substituents is 1. The van der Waals surface area contributed by atoms with E-state index in [0.717, 1.165) is 24.5 Å². The normalized spacial score (nSPS) is 11.5. The summed E-state index contributed by atoms with van der Waals surface area (Å²) < 4.78 is 23.1. The molecule has 1 aromatic carbocycles. The predicted molar refractivity (Wildman–Crippen MR) is 84.1 cm³/mol. The Morgan fingerprint density at radius 3 is 2.32 bits per heavy atom. The number of amides is 1. The molecule has 10 heteroatoms. The van der Waals surface area contributed by atoms with Crippen molar-refractivity contribution >= 4 is 33.8 Å². The van der Waals surface area contributed by atoms with Crippen LogP contribution in [0.4, 0.5) is 5.69 Å². The van der Waals surface area contributed by atoms with Crippen molar-refractivity contribution in [3.63, 3.8) is 0 Å². The van der Waals surface area contributed by atoms with Crippen molar-refractivity contribution in [2.75, 3.05) is 12.8 Å². The molecule has 1 rings (SSSR count). The van der Waals surface area contributed by atoms with Crippen molar-refractivity contribution in [1.82, 2.24) is 5.32 Å². The van der Waals surface area contributed by atoms with Gasteiger partial charge in [-0.1, -0.05) is 0 Å². The van der Waals surface area contributed by atoms with Gasteiger partial charge in [0.25, 0.3) is 11.6 Å². The van der Waals surface area contributed by atoms with E-state index in [2.05, 4.69) is 5.32 Å². The van der Waals surface area contributed by atoms with Crippen LogP contribution in [0.15, 0.2) is 23.1 Å². The molecule has 0 aliphatic carbocycles. The highest BCUT2D eigenvalue weighted by molar-refractivity contribution is 7.90. The number of rotatable bonds is 5. The standard InChI is InChI=1S/C12H17N3O5S.ClH/c1-12(2,7-13)14-11(16)8-4-9(15(17)18)6-10(5-8)21(3,19)20;/h4-6H,7,13H2,1-3H3,(H,14,16);1H. The number of hydrogen-bond donors (Lipinski definition) is 2. The van der Waals surface area contributed by atoms with Gasteiger partial charge in [0.2, 0.25) is 0 Å². The number of carbonyl (C=O) groups is 1. The Balaban J connectivity index is 0.00000441. The molecule has 0 saturated carbocycles. The quantitative estimate of drug-likeness (QED) is 0.597. The minimum absolute atomic E-state index is 0. The predicted octanol–water partition coefficient (Wildman–Crippen LogP) is 0.887. The van der Waals surface area contributed by atoms with Gasteiger partial charge in [-0.3, -0.25) is 14.9 Å². The summed E-state index contributed by atoms with van der Waals surface area (Å²) in [6.07, 6.45) is 0.914. The summed E-state index contributed by atoms with van der Waals surface area (Å²) in [7, 11) is -3.67. The lowest BCUT2D eigenvalue weighted by molar-refractivity contribution is -0.385. The second-order valence-electron chi connectivity index (χ2n) is 5.29. The Bertz CT molecular complexity index is 688. The maximum Gasteiger partial charge on any atom is 0.271 e. The van der Waals surface area contributed by atoms with E-state index in [1.54, 1.807) is 13.8 Å². The highest BCUT2D eigenvalue weighted by Crippen LogP contribution is 2.21. The Morgan fingerprint density at radius 1 is 1.36 bits per heavy atom. The average molecular weight is 352 g/mol. The molecule has 22 heavy (non-hydrogen) atoms. The fourth-order valence-corrected chi connectivity index (χ4v) is 2.14. The molecule has 0 heterocycles. The van der Waals surface area contributed by atoms with E-state index in [4.69, 9.17) is 5.73 Å². The summed E-state index contributed by atoms with van der Waals surface area (Å²) in [5.74, 6) is -0.626. The Labute approximate surface area is 134 Å². The van der Waals surface area contributed by atoms with Crippen LogP contribution in [0.1, 0.15) is 24.2 Å². The Kier molecular flexibility index (Phi) is 6.49. The van der Waals surface area contributed by atoms with Gasteiger partial charge in [0.15, 0.2) is 9.84 Å². The van der Waals surface area contributed by atoms with Crippen LogP contribution < -0.4 is 11.1 Å². The summed E-state index contributed by atoms with van der Waals surface area (Å²) in [6.45, 7) is 3.52. The number of nitrogens with zero attached hydrogens (tertiary/aromatic N) is 1. The van der Waals surface area contributed by atoms with Crippen LogP contribution in [-0.4, -0.2) is 37.6 Å². The van der Waals surface area contributed by atoms with Gasteiger partial charge in [0.1, 0.15) is 0 Å². The van der Waals surface area contributed by atoms with E-state index in [-0.39, 0.29) is 29.4 Å². The first kappa shape index (κ1) is 20.3. The van der Waals surface area contributed by atoms with E-state index < -0.39 is 31.9 Å². The first-order chi connectivity index (χ1) is 9.46. The molecule has 0 fully saturated rings. The van der Waals surface area contributed by atoms with Gasteiger partial charge in [-0.15, -0.1) is 12.4 Å². The Morgan fingerprint density at radius 2 is 1.91 bits per heavy atom. The summed E-state index contributed by atoms with van der Waals surface area (Å²) in [6, 6.07) is 3.04. The smallest absolute Gasteiger partial charge is 0.271 e. The highest BCUT2D eigenvalue weighted by atomic mass is 35.5. The largest absolute Gasteiger partial charge is 0.346 e. The second kappa shape index (κ2) is 7.03. The molecule has 0 spiro atoms. The van der Waals surface area contributed by atoms with E-state index in [9.17, 15) is 23.3 Å². The molecule has 0 unspecified atom stereocenters. The third-order valence-electron chi connectivity index (χ3n) is 2.75. The minimum atomic E-state index is -3.67. The zero-order valence-electron chi connectivity index (χ0n) is 12.3. The molecular weight excluding hydrogens is 334 g/mol. The second-order valence-corrected chi connectivity index (χ2v) is 7.30. The van der Waals surface area contributed by atoms with Gasteiger partial charge in [-0.05, 0) is 19.9 Å². The van der Waals surface area contributed by atoms with E-state index >= 15 is 0 Å². The molecule has 0 aliphatic rings. The number of nitrogens with one attached hydrogen (secondary N) is 1. The third-order valence-corrected chi connectivity index (χ3v) is 3.85. The SMILES string of the molecule is CC(C)(CN)NC(=O)c1cc([N+](=O)[O-])cc(S(C)(=O)=O)c1.Cl. The van der Waals surface area contributed by atoms with Gasteiger partial charge < -0.3 is 11.1 Å². The molecule has 3 N–H and O–H groups in total. The third kappa shape index (κ3) is 5.24. The maximum absolute atomic E-state index is 12.1. The molecule has 1 amide bonds. The molecular formula is C12H18ClN3O5S. The molecule has 0 atom stereocenters. The number of nitrogens with two attached hydrogens (primary N) is 1. The first-order valence-corrected chi connectivity index (χ1v) is 7.87. The number of benzene rings is 1. The van der Waals surface area contributed by atoms with Gasteiger partial charge in [0, 0.05) is 36.0 Å². The lowest BCUT2D eigenvalue weighted by Gasteiger charge is -2.24. The van der Waals surface area contributed by atoms with Crippen molar-refractivity contribution in [1.29, 1.82) is 0 Å². The van der Waals surface area contributed by atoms with Crippen LogP contribution in [0.5, 0.6) is 0 Å². The Hall–Kier alpha value is -1.71. The van der Waals surface area contributed by atoms with Crippen molar-refractivity contribution < 1.29 is 18.1 Å². The van der Waals surface area contributed by atoms with Crippen molar-refractivity contribution in [3.8, 4) is 0 Å². The number of carbonyl (C=O) groups excluding carboxylic acids is 1. The summed E-state index contributed by atoms with van der Waals surface area (Å²) >= 11 is 0.